The summed E-state index contributed by atoms with van der Waals surface area (Å²) in [5, 5.41) is 11.0. The molecule has 2 aromatic rings. The Hall–Kier alpha value is -2.54. The fraction of sp³-hybridized carbons (Fsp3) is 0.200. The third-order valence-corrected chi connectivity index (χ3v) is 3.82. The Kier molecular flexibility index (Phi) is 3.97. The zero-order valence-corrected chi connectivity index (χ0v) is 12.6. The van der Waals surface area contributed by atoms with Crippen LogP contribution in [0.25, 0.3) is 12.2 Å². The first kappa shape index (κ1) is 14.4. The van der Waals surface area contributed by atoms with Gasteiger partial charge < -0.3 is 19.3 Å². The Labute approximate surface area is 130 Å². The number of carboxylic acids is 1. The van der Waals surface area contributed by atoms with E-state index < -0.39 is 5.97 Å². The minimum Gasteiger partial charge on any atom is -0.493 e. The Morgan fingerprint density at radius 2 is 2.18 bits per heavy atom. The lowest BCUT2D eigenvalue weighted by Crippen LogP contribution is -2.16. The van der Waals surface area contributed by atoms with Crippen LogP contribution in [0.3, 0.4) is 0 Å². The second-order valence-electron chi connectivity index (χ2n) is 4.46. The van der Waals surface area contributed by atoms with Gasteiger partial charge in [0, 0.05) is 5.38 Å². The van der Waals surface area contributed by atoms with E-state index in [-0.39, 0.29) is 5.69 Å². The topological polar surface area (TPSA) is 77.9 Å². The van der Waals surface area contributed by atoms with Gasteiger partial charge in [-0.2, -0.15) is 0 Å². The molecule has 0 unspecified atom stereocenters. The normalized spacial score (nSPS) is 13.3. The number of benzene rings is 1. The molecule has 0 spiro atoms. The molecule has 0 radical (unpaired) electrons. The second-order valence-corrected chi connectivity index (χ2v) is 5.35. The summed E-state index contributed by atoms with van der Waals surface area (Å²) in [5.41, 5.74) is 0.901. The van der Waals surface area contributed by atoms with E-state index in [0.717, 1.165) is 5.56 Å². The van der Waals surface area contributed by atoms with Gasteiger partial charge in [-0.3, -0.25) is 0 Å². The number of ether oxygens (including phenoxy) is 3. The molecule has 0 amide bonds. The van der Waals surface area contributed by atoms with Crippen molar-refractivity contribution in [2.45, 2.75) is 0 Å². The number of hydrogen-bond donors (Lipinski definition) is 1. The lowest BCUT2D eigenvalue weighted by Gasteiger charge is -2.20. The number of aromatic carboxylic acids is 1. The largest absolute Gasteiger partial charge is 0.493 e. The highest BCUT2D eigenvalue weighted by molar-refractivity contribution is 7.10. The van der Waals surface area contributed by atoms with E-state index in [4.69, 9.17) is 19.3 Å². The summed E-state index contributed by atoms with van der Waals surface area (Å²) >= 11 is 1.27. The SMILES string of the molecule is COc1cc(/C=C/c2nc(C(=O)O)cs2)cc2c1OCCO2. The number of carbonyl (C=O) groups is 1. The Balaban J connectivity index is 1.88. The minimum atomic E-state index is -1.03. The molecule has 1 N–H and O–H groups in total. The third kappa shape index (κ3) is 2.89. The van der Waals surface area contributed by atoms with Gasteiger partial charge in [0.1, 0.15) is 18.2 Å². The first-order valence-corrected chi connectivity index (χ1v) is 7.40. The molecule has 1 aromatic carbocycles. The molecule has 0 aliphatic carbocycles. The average molecular weight is 319 g/mol. The quantitative estimate of drug-likeness (QED) is 0.933. The number of nitrogens with zero attached hydrogens (tertiary/aromatic N) is 1. The average Bonchev–Trinajstić information content (AvgIpc) is 3.01. The standard InChI is InChI=1S/C15H13NO5S/c1-19-11-6-9(7-12-14(11)21-5-4-20-12)2-3-13-16-10(8-22-13)15(17)18/h2-3,6-8H,4-5H2,1H3,(H,17,18)/b3-2+. The van der Waals surface area contributed by atoms with Gasteiger partial charge in [-0.15, -0.1) is 11.3 Å². The highest BCUT2D eigenvalue weighted by atomic mass is 32.1. The van der Waals surface area contributed by atoms with Crippen LogP contribution in [0.5, 0.6) is 17.2 Å². The van der Waals surface area contributed by atoms with Crippen LogP contribution in [0.15, 0.2) is 17.5 Å². The predicted octanol–water partition coefficient (Wildman–Crippen LogP) is 2.79. The Bertz CT molecular complexity index is 720. The van der Waals surface area contributed by atoms with Crippen LogP contribution >= 0.6 is 11.3 Å². The molecular formula is C15H13NO5S. The van der Waals surface area contributed by atoms with Gasteiger partial charge in [0.25, 0.3) is 0 Å². The van der Waals surface area contributed by atoms with Crippen molar-refractivity contribution < 1.29 is 24.1 Å². The van der Waals surface area contributed by atoms with Crippen molar-refractivity contribution in [2.24, 2.45) is 0 Å². The van der Waals surface area contributed by atoms with Gasteiger partial charge in [0.05, 0.1) is 7.11 Å². The van der Waals surface area contributed by atoms with Crippen molar-refractivity contribution in [3.05, 3.63) is 33.8 Å². The molecule has 2 heterocycles. The number of methoxy groups -OCH3 is 1. The van der Waals surface area contributed by atoms with Crippen LogP contribution in [0.1, 0.15) is 21.1 Å². The van der Waals surface area contributed by atoms with Crippen LogP contribution in [-0.2, 0) is 0 Å². The van der Waals surface area contributed by atoms with Gasteiger partial charge >= 0.3 is 5.97 Å². The molecule has 7 heteroatoms. The van der Waals surface area contributed by atoms with Gasteiger partial charge in [-0.1, -0.05) is 6.08 Å². The van der Waals surface area contributed by atoms with E-state index in [9.17, 15) is 4.79 Å². The van der Waals surface area contributed by atoms with E-state index in [0.29, 0.717) is 35.5 Å². The molecule has 0 saturated carbocycles. The van der Waals surface area contributed by atoms with E-state index in [1.807, 2.05) is 18.2 Å². The summed E-state index contributed by atoms with van der Waals surface area (Å²) in [7, 11) is 1.57. The number of carboxylic acid groups (broad SMARTS) is 1. The van der Waals surface area contributed by atoms with Gasteiger partial charge in [-0.25, -0.2) is 9.78 Å². The molecule has 114 valence electrons. The van der Waals surface area contributed by atoms with E-state index >= 15 is 0 Å². The number of fused-ring (bicyclic) bond motifs is 1. The number of hydrogen-bond acceptors (Lipinski definition) is 6. The Morgan fingerprint density at radius 3 is 2.91 bits per heavy atom. The molecule has 0 fully saturated rings. The molecule has 0 saturated heterocycles. The smallest absolute Gasteiger partial charge is 0.355 e. The predicted molar refractivity (Wildman–Crippen MR) is 82.0 cm³/mol. The molecule has 1 aliphatic rings. The second kappa shape index (κ2) is 6.07. The van der Waals surface area contributed by atoms with Gasteiger partial charge in [-0.05, 0) is 23.8 Å². The first-order valence-electron chi connectivity index (χ1n) is 6.52. The number of aromatic nitrogens is 1. The number of rotatable bonds is 4. The maximum absolute atomic E-state index is 10.8. The molecule has 6 nitrogen and oxygen atoms in total. The van der Waals surface area contributed by atoms with E-state index in [1.165, 1.54) is 16.7 Å². The summed E-state index contributed by atoms with van der Waals surface area (Å²) in [6.07, 6.45) is 3.58. The highest BCUT2D eigenvalue weighted by Crippen LogP contribution is 2.40. The number of thiazole rings is 1. The monoisotopic (exact) mass is 319 g/mol. The van der Waals surface area contributed by atoms with Gasteiger partial charge in [0.15, 0.2) is 17.2 Å². The summed E-state index contributed by atoms with van der Waals surface area (Å²) in [6, 6.07) is 3.68. The van der Waals surface area contributed by atoms with E-state index in [2.05, 4.69) is 4.98 Å². The fourth-order valence-electron chi connectivity index (χ4n) is 2.02. The maximum atomic E-state index is 10.8. The van der Waals surface area contributed by atoms with Crippen LogP contribution in [0.4, 0.5) is 0 Å². The molecule has 22 heavy (non-hydrogen) atoms. The summed E-state index contributed by atoms with van der Waals surface area (Å²) in [6.45, 7) is 0.993. The molecule has 3 rings (SSSR count). The molecule has 0 bridgehead atoms. The Morgan fingerprint density at radius 1 is 1.36 bits per heavy atom. The summed E-state index contributed by atoms with van der Waals surface area (Å²) in [5.74, 6) is 0.808. The van der Waals surface area contributed by atoms with Crippen molar-refractivity contribution in [3.8, 4) is 17.2 Å². The van der Waals surface area contributed by atoms with Crippen LogP contribution in [0, 0.1) is 0 Å². The zero-order valence-electron chi connectivity index (χ0n) is 11.7. The molecular weight excluding hydrogens is 306 g/mol. The first-order chi connectivity index (χ1) is 10.7. The summed E-state index contributed by atoms with van der Waals surface area (Å²) < 4.78 is 16.4. The van der Waals surface area contributed by atoms with Crippen LogP contribution < -0.4 is 14.2 Å². The summed E-state index contributed by atoms with van der Waals surface area (Å²) in [4.78, 5) is 14.8. The zero-order chi connectivity index (χ0) is 15.5. The van der Waals surface area contributed by atoms with Crippen molar-refractivity contribution in [1.29, 1.82) is 0 Å². The third-order valence-electron chi connectivity index (χ3n) is 3.01. The lowest BCUT2D eigenvalue weighted by atomic mass is 10.1. The van der Waals surface area contributed by atoms with E-state index in [1.54, 1.807) is 13.2 Å². The van der Waals surface area contributed by atoms with Crippen molar-refractivity contribution in [1.82, 2.24) is 4.98 Å². The maximum Gasteiger partial charge on any atom is 0.355 e. The molecule has 1 aliphatic heterocycles. The molecule has 0 atom stereocenters. The fourth-order valence-corrected chi connectivity index (χ4v) is 2.70. The van der Waals surface area contributed by atoms with Gasteiger partial charge in [0.2, 0.25) is 5.75 Å². The van der Waals surface area contributed by atoms with Crippen LogP contribution in [0.2, 0.25) is 0 Å². The lowest BCUT2D eigenvalue weighted by molar-refractivity contribution is 0.0691. The van der Waals surface area contributed by atoms with Crippen molar-refractivity contribution in [3.63, 3.8) is 0 Å². The molecule has 1 aromatic heterocycles. The van der Waals surface area contributed by atoms with Crippen molar-refractivity contribution >= 4 is 29.5 Å². The van der Waals surface area contributed by atoms with Crippen LogP contribution in [-0.4, -0.2) is 36.4 Å². The van der Waals surface area contributed by atoms with Crippen molar-refractivity contribution in [2.75, 3.05) is 20.3 Å². The highest BCUT2D eigenvalue weighted by Gasteiger charge is 2.17. The minimum absolute atomic E-state index is 0.0457.